The summed E-state index contributed by atoms with van der Waals surface area (Å²) in [5, 5.41) is 0. The van der Waals surface area contributed by atoms with Crippen LogP contribution in [-0.2, 0) is 9.53 Å². The largest absolute Gasteiger partial charge is 0.383 e. The van der Waals surface area contributed by atoms with E-state index in [2.05, 4.69) is 0 Å². The molecule has 1 atom stereocenters. The van der Waals surface area contributed by atoms with Gasteiger partial charge in [0.05, 0.1) is 6.61 Å². The number of halogens is 4. The quantitative estimate of drug-likeness (QED) is 0.714. The lowest BCUT2D eigenvalue weighted by molar-refractivity contribution is -0.181. The van der Waals surface area contributed by atoms with E-state index in [9.17, 15) is 22.4 Å². The highest BCUT2D eigenvalue weighted by Gasteiger charge is 2.53. The first kappa shape index (κ1) is 13.6. The summed E-state index contributed by atoms with van der Waals surface area (Å²) in [7, 11) is 0. The molecule has 1 saturated heterocycles. The smallest absolute Gasteiger partial charge is 0.381 e. The van der Waals surface area contributed by atoms with Gasteiger partial charge in [-0.2, -0.15) is 8.78 Å². The number of rotatable bonds is 5. The number of amides is 1. The zero-order valence-corrected chi connectivity index (χ0v) is 9.75. The van der Waals surface area contributed by atoms with Gasteiger partial charge in [0.2, 0.25) is 0 Å². The Hall–Kier alpha value is -0.850. The maximum Gasteiger partial charge on any atom is 0.383 e. The lowest BCUT2D eigenvalue weighted by Gasteiger charge is -2.28. The first-order chi connectivity index (χ1) is 8.43. The molecule has 0 N–H and O–H groups in total. The fourth-order valence-electron chi connectivity index (χ4n) is 2.07. The van der Waals surface area contributed by atoms with Crippen LogP contribution in [0.2, 0.25) is 0 Å². The summed E-state index contributed by atoms with van der Waals surface area (Å²) in [5.74, 6) is -6.35. The monoisotopic (exact) mass is 269 g/mol. The molecule has 1 saturated carbocycles. The molecule has 2 rings (SSSR count). The third kappa shape index (κ3) is 2.76. The van der Waals surface area contributed by atoms with Gasteiger partial charge in [-0.3, -0.25) is 4.79 Å². The highest BCUT2D eigenvalue weighted by Crippen LogP contribution is 2.34. The molecule has 1 heterocycles. The van der Waals surface area contributed by atoms with E-state index in [-0.39, 0.29) is 18.5 Å². The second-order valence-electron chi connectivity index (χ2n) is 4.84. The fourth-order valence-corrected chi connectivity index (χ4v) is 2.07. The van der Waals surface area contributed by atoms with Gasteiger partial charge < -0.3 is 9.64 Å². The van der Waals surface area contributed by atoms with Gasteiger partial charge in [0, 0.05) is 25.1 Å². The number of nitrogens with zero attached hydrogens (tertiary/aromatic N) is 1. The summed E-state index contributed by atoms with van der Waals surface area (Å²) in [5.41, 5.74) is 0. The molecule has 1 unspecified atom stereocenters. The van der Waals surface area contributed by atoms with Gasteiger partial charge in [-0.15, -0.1) is 0 Å². The number of alkyl halides is 4. The minimum atomic E-state index is -4.58. The average Bonchev–Trinajstić information content (AvgIpc) is 3.02. The van der Waals surface area contributed by atoms with Crippen molar-refractivity contribution in [3.8, 4) is 0 Å². The maximum atomic E-state index is 13.1. The molecule has 104 valence electrons. The van der Waals surface area contributed by atoms with Gasteiger partial charge in [-0.1, -0.05) is 0 Å². The topological polar surface area (TPSA) is 29.5 Å². The molecule has 2 aliphatic rings. The van der Waals surface area contributed by atoms with Gasteiger partial charge in [-0.25, -0.2) is 8.78 Å². The molecule has 0 spiro atoms. The zero-order valence-electron chi connectivity index (χ0n) is 9.75. The predicted octanol–water partition coefficient (Wildman–Crippen LogP) is 1.91. The molecule has 0 radical (unpaired) electrons. The van der Waals surface area contributed by atoms with Crippen LogP contribution in [0.15, 0.2) is 0 Å². The van der Waals surface area contributed by atoms with Crippen LogP contribution in [0.4, 0.5) is 17.6 Å². The minimum Gasteiger partial charge on any atom is -0.381 e. The second kappa shape index (κ2) is 5.03. The van der Waals surface area contributed by atoms with E-state index in [1.165, 1.54) is 0 Å². The van der Waals surface area contributed by atoms with Crippen molar-refractivity contribution in [1.29, 1.82) is 0 Å². The highest BCUT2D eigenvalue weighted by molar-refractivity contribution is 5.84. The van der Waals surface area contributed by atoms with Gasteiger partial charge in [-0.05, 0) is 19.3 Å². The van der Waals surface area contributed by atoms with Crippen molar-refractivity contribution in [2.45, 2.75) is 37.7 Å². The SMILES string of the molecule is O=C(N(CC1CCOC1)C1CC1)C(F)(F)C(F)F. The predicted molar refractivity (Wildman–Crippen MR) is 54.6 cm³/mol. The molecule has 1 aliphatic carbocycles. The van der Waals surface area contributed by atoms with Crippen molar-refractivity contribution < 1.29 is 27.1 Å². The van der Waals surface area contributed by atoms with Crippen LogP contribution in [0.5, 0.6) is 0 Å². The van der Waals surface area contributed by atoms with Gasteiger partial charge in [0.25, 0.3) is 5.91 Å². The van der Waals surface area contributed by atoms with E-state index in [4.69, 9.17) is 4.74 Å². The summed E-state index contributed by atoms with van der Waals surface area (Å²) >= 11 is 0. The van der Waals surface area contributed by atoms with Crippen molar-refractivity contribution in [2.24, 2.45) is 5.92 Å². The molecule has 1 aliphatic heterocycles. The van der Waals surface area contributed by atoms with Crippen LogP contribution in [-0.4, -0.2) is 49.0 Å². The van der Waals surface area contributed by atoms with Crippen LogP contribution < -0.4 is 0 Å². The Bertz CT molecular complexity index is 314. The summed E-state index contributed by atoms with van der Waals surface area (Å²) in [4.78, 5) is 12.5. The third-order valence-corrected chi connectivity index (χ3v) is 3.29. The molecule has 1 amide bonds. The minimum absolute atomic E-state index is 0.0250. The summed E-state index contributed by atoms with van der Waals surface area (Å²) in [6, 6.07) is -0.303. The standard InChI is InChI=1S/C11H15F4NO2/c12-9(13)11(14,15)10(17)16(8-1-2-8)5-7-3-4-18-6-7/h7-9H,1-6H2. The molecule has 18 heavy (non-hydrogen) atoms. The van der Waals surface area contributed by atoms with Crippen LogP contribution in [0, 0.1) is 5.92 Å². The molecule has 0 bridgehead atoms. The Balaban J connectivity index is 2.02. The summed E-state index contributed by atoms with van der Waals surface area (Å²) in [6.45, 7) is 1.02. The fraction of sp³-hybridized carbons (Fsp3) is 0.909. The molecule has 7 heteroatoms. The van der Waals surface area contributed by atoms with Gasteiger partial charge >= 0.3 is 12.3 Å². The Morgan fingerprint density at radius 2 is 2.00 bits per heavy atom. The summed E-state index contributed by atoms with van der Waals surface area (Å²) < 4.78 is 55.7. The average molecular weight is 269 g/mol. The molecular formula is C11H15F4NO2. The normalized spacial score (nSPS) is 24.6. The van der Waals surface area contributed by atoms with Crippen molar-refractivity contribution >= 4 is 5.91 Å². The Labute approximate surface area is 102 Å². The second-order valence-corrected chi connectivity index (χ2v) is 4.84. The molecule has 0 aromatic heterocycles. The first-order valence-corrected chi connectivity index (χ1v) is 5.97. The van der Waals surface area contributed by atoms with Crippen molar-refractivity contribution in [3.63, 3.8) is 0 Å². The number of carbonyl (C=O) groups is 1. The molecule has 3 nitrogen and oxygen atoms in total. The highest BCUT2D eigenvalue weighted by atomic mass is 19.3. The van der Waals surface area contributed by atoms with Gasteiger partial charge in [0.15, 0.2) is 0 Å². The molecular weight excluding hydrogens is 254 g/mol. The molecule has 2 fully saturated rings. The van der Waals surface area contributed by atoms with Crippen LogP contribution in [0.3, 0.4) is 0 Å². The lowest BCUT2D eigenvalue weighted by atomic mass is 10.1. The lowest BCUT2D eigenvalue weighted by Crippen LogP contribution is -2.50. The molecule has 0 aromatic rings. The van der Waals surface area contributed by atoms with Gasteiger partial charge in [0.1, 0.15) is 0 Å². The zero-order chi connectivity index (χ0) is 13.3. The van der Waals surface area contributed by atoms with Crippen LogP contribution in [0.25, 0.3) is 0 Å². The summed E-state index contributed by atoms with van der Waals surface area (Å²) in [6.07, 6.45) is -2.06. The molecule has 0 aromatic carbocycles. The number of ether oxygens (including phenoxy) is 1. The Morgan fingerprint density at radius 1 is 1.33 bits per heavy atom. The van der Waals surface area contributed by atoms with E-state index in [1.54, 1.807) is 0 Å². The Morgan fingerprint density at radius 3 is 2.44 bits per heavy atom. The van der Waals surface area contributed by atoms with Crippen molar-refractivity contribution in [2.75, 3.05) is 19.8 Å². The van der Waals surface area contributed by atoms with E-state index in [1.807, 2.05) is 0 Å². The van der Waals surface area contributed by atoms with E-state index in [0.29, 0.717) is 32.5 Å². The Kier molecular flexibility index (Phi) is 3.79. The number of hydrogen-bond donors (Lipinski definition) is 0. The van der Waals surface area contributed by atoms with E-state index >= 15 is 0 Å². The first-order valence-electron chi connectivity index (χ1n) is 5.97. The van der Waals surface area contributed by atoms with E-state index in [0.717, 1.165) is 4.90 Å². The number of hydrogen-bond acceptors (Lipinski definition) is 2. The van der Waals surface area contributed by atoms with Crippen LogP contribution >= 0.6 is 0 Å². The number of carbonyl (C=O) groups excluding carboxylic acids is 1. The maximum absolute atomic E-state index is 13.1. The third-order valence-electron chi connectivity index (χ3n) is 3.29. The van der Waals surface area contributed by atoms with Crippen molar-refractivity contribution in [1.82, 2.24) is 4.90 Å². The van der Waals surface area contributed by atoms with Crippen LogP contribution in [0.1, 0.15) is 19.3 Å². The van der Waals surface area contributed by atoms with Crippen molar-refractivity contribution in [3.05, 3.63) is 0 Å². The van der Waals surface area contributed by atoms with E-state index < -0.39 is 18.3 Å².